The Kier molecular flexibility index (Phi) is 4.81. The highest BCUT2D eigenvalue weighted by atomic mass is 16.3. The molecule has 14 heavy (non-hydrogen) atoms. The third-order valence-corrected chi connectivity index (χ3v) is 2.86. The molecule has 0 bridgehead atoms. The summed E-state index contributed by atoms with van der Waals surface area (Å²) in [6, 6.07) is 0.845. The summed E-state index contributed by atoms with van der Waals surface area (Å²) < 4.78 is 0. The van der Waals surface area contributed by atoms with Gasteiger partial charge in [-0.2, -0.15) is 0 Å². The van der Waals surface area contributed by atoms with E-state index in [0.29, 0.717) is 12.1 Å². The predicted molar refractivity (Wildman–Crippen MR) is 56.2 cm³/mol. The van der Waals surface area contributed by atoms with Crippen molar-refractivity contribution in [2.45, 2.75) is 38.4 Å². The van der Waals surface area contributed by atoms with Gasteiger partial charge in [0, 0.05) is 18.6 Å². The van der Waals surface area contributed by atoms with Gasteiger partial charge < -0.3 is 15.5 Å². The van der Waals surface area contributed by atoms with Crippen LogP contribution >= 0.6 is 0 Å². The van der Waals surface area contributed by atoms with Gasteiger partial charge >= 0.3 is 0 Å². The standard InChI is InChI=1S/C10H22N2O2/c1-8(2)12-4-3-9(5-12)11-10(6-13)7-14/h8-11,13-14H,3-7H2,1-2H3. The molecule has 3 N–H and O–H groups in total. The van der Waals surface area contributed by atoms with Crippen molar-refractivity contribution in [3.8, 4) is 0 Å². The molecule has 1 unspecified atom stereocenters. The molecule has 4 heteroatoms. The molecule has 1 rings (SSSR count). The van der Waals surface area contributed by atoms with Crippen LogP contribution in [0, 0.1) is 0 Å². The summed E-state index contributed by atoms with van der Waals surface area (Å²) in [6.45, 7) is 6.53. The zero-order chi connectivity index (χ0) is 10.6. The van der Waals surface area contributed by atoms with E-state index >= 15 is 0 Å². The summed E-state index contributed by atoms with van der Waals surface area (Å²) in [5.74, 6) is 0. The van der Waals surface area contributed by atoms with Crippen LogP contribution in [-0.2, 0) is 0 Å². The van der Waals surface area contributed by atoms with E-state index in [9.17, 15) is 0 Å². The maximum Gasteiger partial charge on any atom is 0.0607 e. The van der Waals surface area contributed by atoms with Crippen LogP contribution in [0.25, 0.3) is 0 Å². The fourth-order valence-electron chi connectivity index (χ4n) is 1.89. The van der Waals surface area contributed by atoms with E-state index in [1.165, 1.54) is 0 Å². The van der Waals surface area contributed by atoms with E-state index in [1.807, 2.05) is 0 Å². The van der Waals surface area contributed by atoms with Crippen molar-refractivity contribution in [1.82, 2.24) is 10.2 Å². The molecule has 1 saturated heterocycles. The molecule has 1 aliphatic rings. The molecular weight excluding hydrogens is 180 g/mol. The lowest BCUT2D eigenvalue weighted by atomic mass is 10.2. The highest BCUT2D eigenvalue weighted by Crippen LogP contribution is 2.12. The van der Waals surface area contributed by atoms with E-state index in [0.717, 1.165) is 19.5 Å². The number of nitrogens with zero attached hydrogens (tertiary/aromatic N) is 1. The van der Waals surface area contributed by atoms with Crippen molar-refractivity contribution < 1.29 is 10.2 Å². The first-order valence-corrected chi connectivity index (χ1v) is 5.39. The molecule has 0 aromatic heterocycles. The van der Waals surface area contributed by atoms with Crippen molar-refractivity contribution in [1.29, 1.82) is 0 Å². The number of aliphatic hydroxyl groups is 2. The molecule has 0 spiro atoms. The lowest BCUT2D eigenvalue weighted by molar-refractivity contribution is 0.160. The quantitative estimate of drug-likeness (QED) is 0.558. The van der Waals surface area contributed by atoms with Gasteiger partial charge in [-0.05, 0) is 26.8 Å². The summed E-state index contributed by atoms with van der Waals surface area (Å²) >= 11 is 0. The van der Waals surface area contributed by atoms with Gasteiger partial charge in [-0.1, -0.05) is 0 Å². The Morgan fingerprint density at radius 2 is 2.00 bits per heavy atom. The first kappa shape index (κ1) is 11.9. The third-order valence-electron chi connectivity index (χ3n) is 2.86. The van der Waals surface area contributed by atoms with Gasteiger partial charge in [0.1, 0.15) is 0 Å². The molecular formula is C10H22N2O2. The number of nitrogens with one attached hydrogen (secondary N) is 1. The van der Waals surface area contributed by atoms with Crippen molar-refractivity contribution in [2.75, 3.05) is 26.3 Å². The molecule has 0 aromatic rings. The van der Waals surface area contributed by atoms with Crippen LogP contribution in [0.2, 0.25) is 0 Å². The molecule has 84 valence electrons. The third kappa shape index (κ3) is 3.20. The molecule has 0 aromatic carbocycles. The Labute approximate surface area is 85.9 Å². The molecule has 0 saturated carbocycles. The summed E-state index contributed by atoms with van der Waals surface area (Å²) in [5, 5.41) is 21.1. The number of rotatable bonds is 5. The van der Waals surface area contributed by atoms with Crippen molar-refractivity contribution >= 4 is 0 Å². The largest absolute Gasteiger partial charge is 0.395 e. The average Bonchev–Trinajstić information content (AvgIpc) is 2.62. The smallest absolute Gasteiger partial charge is 0.0607 e. The van der Waals surface area contributed by atoms with Crippen LogP contribution in [0.4, 0.5) is 0 Å². The maximum atomic E-state index is 8.93. The fraction of sp³-hybridized carbons (Fsp3) is 1.00. The Morgan fingerprint density at radius 1 is 1.36 bits per heavy atom. The van der Waals surface area contributed by atoms with Crippen LogP contribution < -0.4 is 5.32 Å². The van der Waals surface area contributed by atoms with Crippen LogP contribution in [0.15, 0.2) is 0 Å². The van der Waals surface area contributed by atoms with E-state index in [4.69, 9.17) is 10.2 Å². The lowest BCUT2D eigenvalue weighted by Crippen LogP contribution is -2.44. The Bertz CT molecular complexity index is 160. The Morgan fingerprint density at radius 3 is 2.43 bits per heavy atom. The topological polar surface area (TPSA) is 55.7 Å². The second-order valence-corrected chi connectivity index (χ2v) is 4.30. The highest BCUT2D eigenvalue weighted by Gasteiger charge is 2.25. The first-order valence-electron chi connectivity index (χ1n) is 5.39. The van der Waals surface area contributed by atoms with Crippen LogP contribution in [-0.4, -0.2) is 59.5 Å². The molecule has 0 aliphatic carbocycles. The van der Waals surface area contributed by atoms with E-state index in [-0.39, 0.29) is 19.3 Å². The molecule has 1 aliphatic heterocycles. The summed E-state index contributed by atoms with van der Waals surface area (Å²) in [6.07, 6.45) is 1.11. The van der Waals surface area contributed by atoms with E-state index in [2.05, 4.69) is 24.1 Å². The average molecular weight is 202 g/mol. The summed E-state index contributed by atoms with van der Waals surface area (Å²) in [4.78, 5) is 2.41. The first-order chi connectivity index (χ1) is 6.67. The van der Waals surface area contributed by atoms with Crippen LogP contribution in [0.1, 0.15) is 20.3 Å². The normalized spacial score (nSPS) is 24.0. The minimum absolute atomic E-state index is 0.00861. The second kappa shape index (κ2) is 5.66. The second-order valence-electron chi connectivity index (χ2n) is 4.30. The van der Waals surface area contributed by atoms with Gasteiger partial charge in [0.15, 0.2) is 0 Å². The van der Waals surface area contributed by atoms with Crippen LogP contribution in [0.5, 0.6) is 0 Å². The number of hydrogen-bond acceptors (Lipinski definition) is 4. The number of likely N-dealkylation sites (tertiary alicyclic amines) is 1. The van der Waals surface area contributed by atoms with Gasteiger partial charge in [0.05, 0.1) is 19.3 Å². The van der Waals surface area contributed by atoms with E-state index in [1.54, 1.807) is 0 Å². The lowest BCUT2D eigenvalue weighted by Gasteiger charge is -2.22. The molecule has 1 fully saturated rings. The van der Waals surface area contributed by atoms with Gasteiger partial charge in [-0.15, -0.1) is 0 Å². The van der Waals surface area contributed by atoms with Gasteiger partial charge in [0.25, 0.3) is 0 Å². The number of aliphatic hydroxyl groups excluding tert-OH is 2. The fourth-order valence-corrected chi connectivity index (χ4v) is 1.89. The molecule has 4 nitrogen and oxygen atoms in total. The van der Waals surface area contributed by atoms with Crippen LogP contribution in [0.3, 0.4) is 0 Å². The van der Waals surface area contributed by atoms with Crippen molar-refractivity contribution in [3.05, 3.63) is 0 Å². The van der Waals surface area contributed by atoms with Gasteiger partial charge in [-0.25, -0.2) is 0 Å². The van der Waals surface area contributed by atoms with Crippen molar-refractivity contribution in [3.63, 3.8) is 0 Å². The minimum atomic E-state index is -0.160. The maximum absolute atomic E-state index is 8.93. The van der Waals surface area contributed by atoms with Gasteiger partial charge in [0.2, 0.25) is 0 Å². The molecule has 1 heterocycles. The Hall–Kier alpha value is -0.160. The monoisotopic (exact) mass is 202 g/mol. The summed E-state index contributed by atoms with van der Waals surface area (Å²) in [5.41, 5.74) is 0. The highest BCUT2D eigenvalue weighted by molar-refractivity contribution is 4.84. The van der Waals surface area contributed by atoms with Crippen molar-refractivity contribution in [2.24, 2.45) is 0 Å². The zero-order valence-electron chi connectivity index (χ0n) is 9.11. The van der Waals surface area contributed by atoms with E-state index < -0.39 is 0 Å². The minimum Gasteiger partial charge on any atom is -0.395 e. The molecule has 0 radical (unpaired) electrons. The Balaban J connectivity index is 2.28. The zero-order valence-corrected chi connectivity index (χ0v) is 9.11. The molecule has 1 atom stereocenters. The molecule has 0 amide bonds. The predicted octanol–water partition coefficient (Wildman–Crippen LogP) is -0.588. The number of hydrogen-bond donors (Lipinski definition) is 3. The summed E-state index contributed by atoms with van der Waals surface area (Å²) in [7, 11) is 0. The van der Waals surface area contributed by atoms with Gasteiger partial charge in [-0.3, -0.25) is 4.90 Å². The SMILES string of the molecule is CC(C)N1CCC(NC(CO)CO)C1.